The first-order chi connectivity index (χ1) is 8.70. The van der Waals surface area contributed by atoms with Crippen LogP contribution in [0.5, 0.6) is 0 Å². The molecule has 2 heterocycles. The fourth-order valence-electron chi connectivity index (χ4n) is 2.39. The molecule has 100 valence electrons. The van der Waals surface area contributed by atoms with Crippen LogP contribution in [0.15, 0.2) is 18.3 Å². The number of likely N-dealkylation sites (N-methyl/N-ethyl adjacent to an activating group) is 1. The van der Waals surface area contributed by atoms with Gasteiger partial charge in [-0.3, -0.25) is 0 Å². The van der Waals surface area contributed by atoms with Crippen molar-refractivity contribution in [1.82, 2.24) is 9.88 Å². The highest BCUT2D eigenvalue weighted by Crippen LogP contribution is 2.20. The average Bonchev–Trinajstić information content (AvgIpc) is 2.63. The summed E-state index contributed by atoms with van der Waals surface area (Å²) in [5.41, 5.74) is 1.35. The van der Waals surface area contributed by atoms with E-state index in [-0.39, 0.29) is 0 Å². The van der Waals surface area contributed by atoms with Crippen molar-refractivity contribution in [3.05, 3.63) is 23.9 Å². The highest BCUT2D eigenvalue weighted by Gasteiger charge is 2.13. The van der Waals surface area contributed by atoms with Crippen LogP contribution in [-0.4, -0.2) is 43.1 Å². The summed E-state index contributed by atoms with van der Waals surface area (Å²) in [6, 6.07) is 4.43. The molecule has 3 heteroatoms. The van der Waals surface area contributed by atoms with Gasteiger partial charge in [0.2, 0.25) is 0 Å². The van der Waals surface area contributed by atoms with Gasteiger partial charge in [-0.25, -0.2) is 4.98 Å². The second kappa shape index (κ2) is 6.19. The summed E-state index contributed by atoms with van der Waals surface area (Å²) in [6.07, 6.45) is 4.46. The maximum Gasteiger partial charge on any atom is 0.128 e. The maximum atomic E-state index is 4.65. The van der Waals surface area contributed by atoms with E-state index in [0.29, 0.717) is 5.92 Å². The van der Waals surface area contributed by atoms with Crippen molar-refractivity contribution in [3.63, 3.8) is 0 Å². The van der Waals surface area contributed by atoms with Gasteiger partial charge in [0.05, 0.1) is 0 Å². The van der Waals surface area contributed by atoms with Crippen molar-refractivity contribution in [3.8, 4) is 0 Å². The summed E-state index contributed by atoms with van der Waals surface area (Å²) < 4.78 is 0. The van der Waals surface area contributed by atoms with E-state index in [2.05, 4.69) is 54.0 Å². The van der Waals surface area contributed by atoms with Crippen molar-refractivity contribution >= 4 is 5.82 Å². The molecule has 18 heavy (non-hydrogen) atoms. The van der Waals surface area contributed by atoms with E-state index in [1.807, 2.05) is 0 Å². The lowest BCUT2D eigenvalue weighted by Gasteiger charge is -2.22. The van der Waals surface area contributed by atoms with Gasteiger partial charge in [-0.1, -0.05) is 19.9 Å². The van der Waals surface area contributed by atoms with Crippen LogP contribution in [0, 0.1) is 0 Å². The third kappa shape index (κ3) is 3.22. The first-order valence-electron chi connectivity index (χ1n) is 7.10. The van der Waals surface area contributed by atoms with E-state index in [1.54, 1.807) is 0 Å². The molecule has 0 radical (unpaired) electrons. The Hall–Kier alpha value is -1.09. The van der Waals surface area contributed by atoms with Crippen LogP contribution in [-0.2, 0) is 0 Å². The molecule has 0 unspecified atom stereocenters. The molecule has 0 bridgehead atoms. The molecule has 0 aliphatic carbocycles. The lowest BCUT2D eigenvalue weighted by atomic mass is 10.0. The zero-order valence-electron chi connectivity index (χ0n) is 11.9. The molecule has 1 fully saturated rings. The van der Waals surface area contributed by atoms with Gasteiger partial charge in [-0.15, -0.1) is 0 Å². The Kier molecular flexibility index (Phi) is 4.59. The van der Waals surface area contributed by atoms with E-state index < -0.39 is 0 Å². The number of pyridine rings is 1. The van der Waals surface area contributed by atoms with E-state index in [1.165, 1.54) is 24.9 Å². The molecule has 1 atom stereocenters. The van der Waals surface area contributed by atoms with Gasteiger partial charge in [-0.2, -0.15) is 0 Å². The molecule has 2 rings (SSSR count). The van der Waals surface area contributed by atoms with Crippen molar-refractivity contribution in [1.29, 1.82) is 0 Å². The van der Waals surface area contributed by atoms with E-state index in [0.717, 1.165) is 25.5 Å². The summed E-state index contributed by atoms with van der Waals surface area (Å²) >= 11 is 0. The average molecular weight is 247 g/mol. The molecular weight excluding hydrogens is 222 g/mol. The third-order valence-corrected chi connectivity index (χ3v) is 4.00. The molecule has 0 amide bonds. The zero-order valence-corrected chi connectivity index (χ0v) is 11.9. The molecule has 1 aromatic rings. The lowest BCUT2D eigenvalue weighted by molar-refractivity contribution is 0.360. The van der Waals surface area contributed by atoms with Crippen LogP contribution in [0.2, 0.25) is 0 Å². The van der Waals surface area contributed by atoms with Crippen LogP contribution in [0.25, 0.3) is 0 Å². The Balaban J connectivity index is 2.04. The Morgan fingerprint density at radius 3 is 2.72 bits per heavy atom. The normalized spacial score (nSPS) is 19.6. The van der Waals surface area contributed by atoms with E-state index in [9.17, 15) is 0 Å². The predicted octanol–water partition coefficient (Wildman–Crippen LogP) is 2.74. The van der Waals surface area contributed by atoms with Gasteiger partial charge in [0.15, 0.2) is 0 Å². The zero-order chi connectivity index (χ0) is 13.0. The summed E-state index contributed by atoms with van der Waals surface area (Å²) in [5.74, 6) is 1.75. The number of nitrogens with zero attached hydrogens (tertiary/aromatic N) is 3. The van der Waals surface area contributed by atoms with Gasteiger partial charge >= 0.3 is 0 Å². The highest BCUT2D eigenvalue weighted by molar-refractivity contribution is 5.40. The minimum Gasteiger partial charge on any atom is -0.355 e. The van der Waals surface area contributed by atoms with E-state index >= 15 is 0 Å². The van der Waals surface area contributed by atoms with Crippen LogP contribution in [0.4, 0.5) is 5.82 Å². The van der Waals surface area contributed by atoms with Crippen LogP contribution in [0.3, 0.4) is 0 Å². The second-order valence-corrected chi connectivity index (χ2v) is 5.40. The predicted molar refractivity (Wildman–Crippen MR) is 77.3 cm³/mol. The minimum absolute atomic E-state index is 0.613. The molecule has 1 aromatic heterocycles. The Bertz CT molecular complexity index is 361. The molecule has 3 nitrogen and oxygen atoms in total. The van der Waals surface area contributed by atoms with Crippen LogP contribution >= 0.6 is 0 Å². The number of hydrogen-bond donors (Lipinski definition) is 0. The summed E-state index contributed by atoms with van der Waals surface area (Å²) in [4.78, 5) is 9.45. The van der Waals surface area contributed by atoms with E-state index in [4.69, 9.17) is 0 Å². The number of aromatic nitrogens is 1. The third-order valence-electron chi connectivity index (χ3n) is 4.00. The number of rotatable bonds is 3. The summed E-state index contributed by atoms with van der Waals surface area (Å²) in [6.45, 7) is 9.03. The van der Waals surface area contributed by atoms with Crippen molar-refractivity contribution in [2.75, 3.05) is 38.1 Å². The topological polar surface area (TPSA) is 19.4 Å². The molecule has 0 spiro atoms. The van der Waals surface area contributed by atoms with Gasteiger partial charge < -0.3 is 9.80 Å². The largest absolute Gasteiger partial charge is 0.355 e. The maximum absolute atomic E-state index is 4.65. The fourth-order valence-corrected chi connectivity index (χ4v) is 2.39. The first-order valence-corrected chi connectivity index (χ1v) is 7.10. The molecule has 0 aromatic carbocycles. The van der Waals surface area contributed by atoms with Crippen LogP contribution in [0.1, 0.15) is 38.2 Å². The molecular formula is C15H25N3. The lowest BCUT2D eigenvalue weighted by Crippen LogP contribution is -2.29. The highest BCUT2D eigenvalue weighted by atomic mass is 15.2. The minimum atomic E-state index is 0.613. The van der Waals surface area contributed by atoms with Crippen LogP contribution < -0.4 is 4.90 Å². The second-order valence-electron chi connectivity index (χ2n) is 5.40. The van der Waals surface area contributed by atoms with Gasteiger partial charge in [-0.05, 0) is 44.0 Å². The van der Waals surface area contributed by atoms with Crippen molar-refractivity contribution < 1.29 is 0 Å². The summed E-state index contributed by atoms with van der Waals surface area (Å²) in [5, 5.41) is 0. The monoisotopic (exact) mass is 247 g/mol. The van der Waals surface area contributed by atoms with Gasteiger partial charge in [0.1, 0.15) is 5.82 Å². The SMILES string of the molecule is CC[C@H](C)c1ccc(N2CCCN(C)CC2)nc1. The van der Waals surface area contributed by atoms with Crippen molar-refractivity contribution in [2.24, 2.45) is 0 Å². The number of anilines is 1. The van der Waals surface area contributed by atoms with Gasteiger partial charge in [0.25, 0.3) is 0 Å². The molecule has 1 saturated heterocycles. The number of hydrogen-bond acceptors (Lipinski definition) is 3. The molecule has 0 saturated carbocycles. The fraction of sp³-hybridized carbons (Fsp3) is 0.667. The smallest absolute Gasteiger partial charge is 0.128 e. The summed E-state index contributed by atoms with van der Waals surface area (Å²) in [7, 11) is 2.20. The van der Waals surface area contributed by atoms with Gasteiger partial charge in [0, 0.05) is 25.8 Å². The molecule has 1 aliphatic rings. The standard InChI is InChI=1S/C15H25N3/c1-4-13(2)14-6-7-15(16-12-14)18-9-5-8-17(3)10-11-18/h6-7,12-13H,4-5,8-11H2,1-3H3/t13-/m0/s1. The molecule has 1 aliphatic heterocycles. The molecule has 0 N–H and O–H groups in total. The Morgan fingerprint density at radius 2 is 2.06 bits per heavy atom. The quantitative estimate of drug-likeness (QED) is 0.818. The Morgan fingerprint density at radius 1 is 1.22 bits per heavy atom. The van der Waals surface area contributed by atoms with Crippen molar-refractivity contribution in [2.45, 2.75) is 32.6 Å². The first kappa shape index (κ1) is 13.3. The Labute approximate surface area is 111 Å².